The van der Waals surface area contributed by atoms with Crippen molar-refractivity contribution in [1.82, 2.24) is 19.3 Å². The number of nitrogens with one attached hydrogen (secondary N) is 1. The average molecular weight is 462 g/mol. The van der Waals surface area contributed by atoms with Gasteiger partial charge in [-0.1, -0.05) is 5.16 Å². The topological polar surface area (TPSA) is 99.0 Å². The zero-order valence-corrected chi connectivity index (χ0v) is 19.5. The van der Waals surface area contributed by atoms with E-state index in [1.807, 2.05) is 19.9 Å². The number of aryl methyl sites for hydroxylation is 1. The van der Waals surface area contributed by atoms with E-state index in [9.17, 15) is 13.2 Å². The first-order valence-corrected chi connectivity index (χ1v) is 12.6. The maximum Gasteiger partial charge on any atom is 0.243 e. The molecule has 0 saturated carbocycles. The SMILES string of the molecule is Cc1cc(CN2CCN([C@@H](C)C(=O)Nc3ccc(S(=O)(=O)N4CCCC4)cc3)CC2)no1. The highest BCUT2D eigenvalue weighted by atomic mass is 32.2. The molecule has 2 fully saturated rings. The molecule has 2 aliphatic heterocycles. The summed E-state index contributed by atoms with van der Waals surface area (Å²) in [6, 6.07) is 8.12. The molecule has 1 aromatic heterocycles. The van der Waals surface area contributed by atoms with Crippen molar-refractivity contribution in [2.75, 3.05) is 44.6 Å². The van der Waals surface area contributed by atoms with E-state index in [0.29, 0.717) is 18.8 Å². The van der Waals surface area contributed by atoms with Gasteiger partial charge < -0.3 is 9.84 Å². The molecule has 0 bridgehead atoms. The molecule has 3 heterocycles. The number of carbonyl (C=O) groups excluding carboxylic acids is 1. The molecule has 2 saturated heterocycles. The number of rotatable bonds is 7. The predicted octanol–water partition coefficient (Wildman–Crippen LogP) is 1.91. The monoisotopic (exact) mass is 461 g/mol. The number of piperazine rings is 1. The minimum atomic E-state index is -3.45. The number of sulfonamides is 1. The van der Waals surface area contributed by atoms with Gasteiger partial charge in [-0.25, -0.2) is 8.42 Å². The average Bonchev–Trinajstić information content (AvgIpc) is 3.47. The van der Waals surface area contributed by atoms with Crippen molar-refractivity contribution in [3.63, 3.8) is 0 Å². The second-order valence-corrected chi connectivity index (χ2v) is 10.5. The number of hydrogen-bond acceptors (Lipinski definition) is 7. The Morgan fingerprint density at radius 2 is 1.75 bits per heavy atom. The molecule has 0 radical (unpaired) electrons. The number of amides is 1. The number of hydrogen-bond donors (Lipinski definition) is 1. The van der Waals surface area contributed by atoms with E-state index in [-0.39, 0.29) is 16.8 Å². The number of anilines is 1. The first-order valence-electron chi connectivity index (χ1n) is 11.1. The summed E-state index contributed by atoms with van der Waals surface area (Å²) in [5.41, 5.74) is 1.53. The molecule has 4 rings (SSSR count). The van der Waals surface area contributed by atoms with Gasteiger partial charge in [0.15, 0.2) is 0 Å². The first-order chi connectivity index (χ1) is 15.3. The fraction of sp³-hybridized carbons (Fsp3) is 0.545. The highest BCUT2D eigenvalue weighted by Gasteiger charge is 2.28. The van der Waals surface area contributed by atoms with Crippen LogP contribution >= 0.6 is 0 Å². The Bertz CT molecular complexity index is 1020. The van der Waals surface area contributed by atoms with Crippen LogP contribution < -0.4 is 5.32 Å². The Kier molecular flexibility index (Phi) is 6.94. The predicted molar refractivity (Wildman–Crippen MR) is 121 cm³/mol. The lowest BCUT2D eigenvalue weighted by Gasteiger charge is -2.37. The Labute approximate surface area is 189 Å². The van der Waals surface area contributed by atoms with E-state index >= 15 is 0 Å². The van der Waals surface area contributed by atoms with Crippen molar-refractivity contribution >= 4 is 21.6 Å². The summed E-state index contributed by atoms with van der Waals surface area (Å²) in [5, 5.41) is 6.96. The largest absolute Gasteiger partial charge is 0.361 e. The van der Waals surface area contributed by atoms with E-state index < -0.39 is 10.0 Å². The van der Waals surface area contributed by atoms with Crippen molar-refractivity contribution in [2.24, 2.45) is 0 Å². The van der Waals surface area contributed by atoms with Gasteiger partial charge >= 0.3 is 0 Å². The van der Waals surface area contributed by atoms with Gasteiger partial charge in [-0.2, -0.15) is 4.31 Å². The van der Waals surface area contributed by atoms with Gasteiger partial charge in [0.1, 0.15) is 5.76 Å². The van der Waals surface area contributed by atoms with Gasteiger partial charge in [-0.05, 0) is 51.0 Å². The van der Waals surface area contributed by atoms with Crippen LogP contribution in [-0.2, 0) is 21.4 Å². The van der Waals surface area contributed by atoms with Crippen LogP contribution in [0.5, 0.6) is 0 Å². The van der Waals surface area contributed by atoms with Crippen molar-refractivity contribution in [3.8, 4) is 0 Å². The Morgan fingerprint density at radius 1 is 1.09 bits per heavy atom. The summed E-state index contributed by atoms with van der Waals surface area (Å²) >= 11 is 0. The van der Waals surface area contributed by atoms with Gasteiger partial charge in [0, 0.05) is 57.6 Å². The summed E-state index contributed by atoms with van der Waals surface area (Å²) in [4.78, 5) is 17.5. The van der Waals surface area contributed by atoms with Crippen LogP contribution in [0.3, 0.4) is 0 Å². The Balaban J connectivity index is 1.28. The van der Waals surface area contributed by atoms with Gasteiger partial charge in [0.25, 0.3) is 0 Å². The quantitative estimate of drug-likeness (QED) is 0.672. The first kappa shape index (κ1) is 22.9. The molecular formula is C22H31N5O4S. The second-order valence-electron chi connectivity index (χ2n) is 8.54. The van der Waals surface area contributed by atoms with Crippen LogP contribution in [0, 0.1) is 6.92 Å². The maximum atomic E-state index is 12.8. The summed E-state index contributed by atoms with van der Waals surface area (Å²) in [7, 11) is -3.45. The molecular weight excluding hydrogens is 430 g/mol. The van der Waals surface area contributed by atoms with Gasteiger partial charge in [0.2, 0.25) is 15.9 Å². The molecule has 1 aromatic carbocycles. The van der Waals surface area contributed by atoms with Crippen LogP contribution in [0.25, 0.3) is 0 Å². The molecule has 0 aliphatic carbocycles. The fourth-order valence-electron chi connectivity index (χ4n) is 4.23. The number of carbonyl (C=O) groups is 1. The molecule has 0 spiro atoms. The minimum Gasteiger partial charge on any atom is -0.361 e. The molecule has 9 nitrogen and oxygen atoms in total. The van der Waals surface area contributed by atoms with Crippen molar-refractivity contribution in [2.45, 2.75) is 44.2 Å². The lowest BCUT2D eigenvalue weighted by Crippen LogP contribution is -2.52. The van der Waals surface area contributed by atoms with Crippen molar-refractivity contribution < 1.29 is 17.7 Å². The molecule has 1 atom stereocenters. The van der Waals surface area contributed by atoms with Crippen LogP contribution in [0.15, 0.2) is 39.8 Å². The van der Waals surface area contributed by atoms with E-state index in [1.165, 1.54) is 4.31 Å². The summed E-state index contributed by atoms with van der Waals surface area (Å²) in [5.74, 6) is 0.714. The number of nitrogens with zero attached hydrogens (tertiary/aromatic N) is 4. The van der Waals surface area contributed by atoms with E-state index in [0.717, 1.165) is 57.0 Å². The highest BCUT2D eigenvalue weighted by Crippen LogP contribution is 2.22. The summed E-state index contributed by atoms with van der Waals surface area (Å²) < 4.78 is 31.9. The van der Waals surface area contributed by atoms with E-state index in [4.69, 9.17) is 4.52 Å². The van der Waals surface area contributed by atoms with Crippen molar-refractivity contribution in [1.29, 1.82) is 0 Å². The smallest absolute Gasteiger partial charge is 0.243 e. The Morgan fingerprint density at radius 3 is 2.34 bits per heavy atom. The zero-order chi connectivity index (χ0) is 22.7. The molecule has 1 amide bonds. The second kappa shape index (κ2) is 9.70. The third-order valence-corrected chi connectivity index (χ3v) is 8.13. The lowest BCUT2D eigenvalue weighted by molar-refractivity contribution is -0.121. The fourth-order valence-corrected chi connectivity index (χ4v) is 5.75. The minimum absolute atomic E-state index is 0.0965. The molecule has 10 heteroatoms. The van der Waals surface area contributed by atoms with Crippen LogP contribution in [0.4, 0.5) is 5.69 Å². The normalized spacial score (nSPS) is 19.8. The van der Waals surface area contributed by atoms with E-state index in [2.05, 4.69) is 20.3 Å². The summed E-state index contributed by atoms with van der Waals surface area (Å²) in [6.07, 6.45) is 1.80. The standard InChI is InChI=1S/C22H31N5O4S/c1-17-15-20(24-31-17)16-25-11-13-26(14-12-25)18(2)22(28)23-19-5-7-21(8-6-19)32(29,30)27-9-3-4-10-27/h5-8,15,18H,3-4,9-14,16H2,1-2H3,(H,23,28)/t18-/m0/s1. The van der Waals surface area contributed by atoms with Crippen LogP contribution in [0.1, 0.15) is 31.2 Å². The van der Waals surface area contributed by atoms with Crippen LogP contribution in [0.2, 0.25) is 0 Å². The molecule has 2 aromatic rings. The molecule has 0 unspecified atom stereocenters. The third kappa shape index (κ3) is 5.20. The molecule has 32 heavy (non-hydrogen) atoms. The Hall–Kier alpha value is -2.27. The highest BCUT2D eigenvalue weighted by molar-refractivity contribution is 7.89. The molecule has 174 valence electrons. The zero-order valence-electron chi connectivity index (χ0n) is 18.7. The van der Waals surface area contributed by atoms with Crippen molar-refractivity contribution in [3.05, 3.63) is 41.8 Å². The summed E-state index contributed by atoms with van der Waals surface area (Å²) in [6.45, 7) is 8.97. The van der Waals surface area contributed by atoms with E-state index in [1.54, 1.807) is 24.3 Å². The van der Waals surface area contributed by atoms with Gasteiger partial charge in [0.05, 0.1) is 16.6 Å². The molecule has 2 aliphatic rings. The lowest BCUT2D eigenvalue weighted by atomic mass is 10.2. The van der Waals surface area contributed by atoms with Gasteiger partial charge in [-0.15, -0.1) is 0 Å². The van der Waals surface area contributed by atoms with Gasteiger partial charge in [-0.3, -0.25) is 14.6 Å². The maximum absolute atomic E-state index is 12.8. The van der Waals surface area contributed by atoms with Crippen LogP contribution in [-0.4, -0.2) is 78.9 Å². The molecule has 1 N–H and O–H groups in total. The number of aromatic nitrogens is 1. The third-order valence-electron chi connectivity index (χ3n) is 6.22. The number of benzene rings is 1.